The molecule has 3 unspecified atom stereocenters. The highest BCUT2D eigenvalue weighted by Gasteiger charge is 2.38. The van der Waals surface area contributed by atoms with Crippen LogP contribution in [0, 0.1) is 12.7 Å². The van der Waals surface area contributed by atoms with E-state index in [1.807, 2.05) is 44.7 Å². The molecule has 39 heavy (non-hydrogen) atoms. The summed E-state index contributed by atoms with van der Waals surface area (Å²) in [5, 5.41) is 1.61. The van der Waals surface area contributed by atoms with E-state index in [0.29, 0.717) is 46.3 Å². The van der Waals surface area contributed by atoms with E-state index in [-0.39, 0.29) is 29.6 Å². The maximum Gasteiger partial charge on any atom is 0.410 e. The lowest BCUT2D eigenvalue weighted by Crippen LogP contribution is -2.35. The van der Waals surface area contributed by atoms with Gasteiger partial charge in [-0.15, -0.1) is 0 Å². The molecule has 2 aliphatic heterocycles. The third kappa shape index (κ3) is 5.02. The van der Waals surface area contributed by atoms with Gasteiger partial charge in [0.1, 0.15) is 17.4 Å². The maximum atomic E-state index is 15.6. The lowest BCUT2D eigenvalue weighted by molar-refractivity contribution is -0.129. The smallest absolute Gasteiger partial charge is 0.410 e. The van der Waals surface area contributed by atoms with Crippen molar-refractivity contribution in [2.24, 2.45) is 0 Å². The van der Waals surface area contributed by atoms with Gasteiger partial charge >= 0.3 is 6.09 Å². The van der Waals surface area contributed by atoms with Crippen LogP contribution in [0.3, 0.4) is 0 Å². The van der Waals surface area contributed by atoms with Gasteiger partial charge in [0.05, 0.1) is 27.5 Å². The SMILES string of the molecule is CC(=O)N1CCCC1c1cc2c([S+](C)[O-])nc3c(F)c(Br)c(C)cc3c2n1C1CCN(C(=O)OC(C)(C)C)C1. The van der Waals surface area contributed by atoms with E-state index >= 15 is 4.39 Å². The molecule has 4 heterocycles. The number of rotatable bonds is 3. The van der Waals surface area contributed by atoms with Gasteiger partial charge in [-0.25, -0.2) is 9.18 Å². The van der Waals surface area contributed by atoms with Crippen LogP contribution in [0.25, 0.3) is 21.8 Å². The van der Waals surface area contributed by atoms with Gasteiger partial charge in [-0.3, -0.25) is 4.79 Å². The molecule has 1 aromatic carbocycles. The van der Waals surface area contributed by atoms with E-state index in [0.717, 1.165) is 29.6 Å². The van der Waals surface area contributed by atoms with Gasteiger partial charge in [-0.05, 0) is 80.6 Å². The molecule has 2 aromatic heterocycles. The summed E-state index contributed by atoms with van der Waals surface area (Å²) in [6, 6.07) is 3.56. The van der Waals surface area contributed by atoms with Crippen LogP contribution in [-0.4, -0.2) is 67.4 Å². The first-order chi connectivity index (χ1) is 18.3. The Morgan fingerprint density at radius 1 is 1.21 bits per heavy atom. The molecule has 210 valence electrons. The second-order valence-corrected chi connectivity index (χ2v) is 13.6. The van der Waals surface area contributed by atoms with Gasteiger partial charge in [0.15, 0.2) is 5.82 Å². The van der Waals surface area contributed by atoms with E-state index in [1.165, 1.54) is 0 Å². The minimum atomic E-state index is -1.49. The largest absolute Gasteiger partial charge is 0.610 e. The van der Waals surface area contributed by atoms with Crippen molar-refractivity contribution >= 4 is 60.9 Å². The number of amides is 2. The first-order valence-corrected chi connectivity index (χ1v) is 15.5. The zero-order valence-corrected chi connectivity index (χ0v) is 25.5. The molecule has 3 aromatic rings. The van der Waals surface area contributed by atoms with Crippen molar-refractivity contribution in [1.29, 1.82) is 0 Å². The molecule has 3 atom stereocenters. The highest BCUT2D eigenvalue weighted by molar-refractivity contribution is 9.10. The molecule has 0 aliphatic carbocycles. The van der Waals surface area contributed by atoms with Crippen molar-refractivity contribution in [3.05, 3.63) is 33.7 Å². The first-order valence-electron chi connectivity index (χ1n) is 13.2. The van der Waals surface area contributed by atoms with E-state index in [9.17, 15) is 14.1 Å². The molecule has 11 heteroatoms. The van der Waals surface area contributed by atoms with Gasteiger partial charge in [0.25, 0.3) is 5.03 Å². The van der Waals surface area contributed by atoms with Crippen molar-refractivity contribution < 1.29 is 23.3 Å². The monoisotopic (exact) mass is 620 g/mol. The van der Waals surface area contributed by atoms with Gasteiger partial charge in [-0.2, -0.15) is 4.98 Å². The summed E-state index contributed by atoms with van der Waals surface area (Å²) in [5.74, 6) is -0.509. The zero-order chi connectivity index (χ0) is 28.4. The fourth-order valence-electron chi connectivity index (χ4n) is 5.94. The Labute approximate surface area is 239 Å². The minimum Gasteiger partial charge on any atom is -0.610 e. The Morgan fingerprint density at radius 2 is 1.92 bits per heavy atom. The quantitative estimate of drug-likeness (QED) is 0.335. The Morgan fingerprint density at radius 3 is 2.56 bits per heavy atom. The lowest BCUT2D eigenvalue weighted by atomic mass is 10.1. The lowest BCUT2D eigenvalue weighted by Gasteiger charge is -2.28. The van der Waals surface area contributed by atoms with Gasteiger partial charge in [-0.1, -0.05) is 0 Å². The van der Waals surface area contributed by atoms with E-state index in [2.05, 4.69) is 25.5 Å². The van der Waals surface area contributed by atoms with Gasteiger partial charge in [0, 0.05) is 48.8 Å². The van der Waals surface area contributed by atoms with Crippen LogP contribution in [-0.2, 0) is 20.7 Å². The summed E-state index contributed by atoms with van der Waals surface area (Å²) in [4.78, 5) is 33.7. The molecule has 0 radical (unpaired) electrons. The average Bonchev–Trinajstić information content (AvgIpc) is 3.58. The number of halogens is 2. The van der Waals surface area contributed by atoms with Crippen molar-refractivity contribution in [1.82, 2.24) is 19.4 Å². The van der Waals surface area contributed by atoms with Gasteiger partial charge in [0.2, 0.25) is 5.91 Å². The first kappa shape index (κ1) is 28.2. The summed E-state index contributed by atoms with van der Waals surface area (Å²) in [6.07, 6.45) is 3.49. The number of likely N-dealkylation sites (tertiary alicyclic amines) is 2. The molecular formula is C28H34BrFN4O4S. The highest BCUT2D eigenvalue weighted by Crippen LogP contribution is 2.43. The molecule has 2 amide bonds. The number of benzene rings is 1. The fraction of sp³-hybridized carbons (Fsp3) is 0.536. The van der Waals surface area contributed by atoms with Gasteiger partial charge < -0.3 is 23.7 Å². The van der Waals surface area contributed by atoms with Crippen LogP contribution in [0.1, 0.15) is 70.3 Å². The van der Waals surface area contributed by atoms with Crippen molar-refractivity contribution in [3.8, 4) is 0 Å². The van der Waals surface area contributed by atoms with Crippen molar-refractivity contribution in [2.75, 3.05) is 25.9 Å². The summed E-state index contributed by atoms with van der Waals surface area (Å²) in [7, 11) is 0. The number of carbonyl (C=O) groups is 2. The number of ether oxygens (including phenoxy) is 1. The van der Waals surface area contributed by atoms with Crippen LogP contribution in [0.2, 0.25) is 0 Å². The van der Waals surface area contributed by atoms with E-state index in [4.69, 9.17) is 4.74 Å². The Hall–Kier alpha value is -2.37. The van der Waals surface area contributed by atoms with Crippen LogP contribution in [0.5, 0.6) is 0 Å². The summed E-state index contributed by atoms with van der Waals surface area (Å²) >= 11 is 1.85. The molecule has 0 N–H and O–H groups in total. The highest BCUT2D eigenvalue weighted by atomic mass is 79.9. The third-order valence-corrected chi connectivity index (χ3v) is 9.41. The maximum absolute atomic E-state index is 15.6. The molecule has 8 nitrogen and oxygen atoms in total. The molecule has 0 bridgehead atoms. The van der Waals surface area contributed by atoms with Crippen LogP contribution in [0.15, 0.2) is 21.6 Å². The summed E-state index contributed by atoms with van der Waals surface area (Å²) < 4.78 is 36.7. The second-order valence-electron chi connectivity index (χ2n) is 11.5. The number of carbonyl (C=O) groups excluding carboxylic acids is 2. The molecule has 2 saturated heterocycles. The van der Waals surface area contributed by atoms with E-state index in [1.54, 1.807) is 18.1 Å². The minimum absolute atomic E-state index is 0.01000. The number of aromatic nitrogens is 2. The third-order valence-electron chi connectivity index (χ3n) is 7.58. The number of nitrogens with zero attached hydrogens (tertiary/aromatic N) is 4. The normalized spacial score (nSPS) is 20.8. The molecule has 2 aliphatic rings. The predicted octanol–water partition coefficient (Wildman–Crippen LogP) is 6.00. The number of aryl methyl sites for hydroxylation is 1. The Bertz CT molecular complexity index is 1480. The Kier molecular flexibility index (Phi) is 7.39. The fourth-order valence-corrected chi connectivity index (χ4v) is 6.93. The van der Waals surface area contributed by atoms with Crippen LogP contribution >= 0.6 is 15.9 Å². The molecule has 0 spiro atoms. The topological polar surface area (TPSA) is 90.7 Å². The Balaban J connectivity index is 1.77. The molecule has 2 fully saturated rings. The van der Waals surface area contributed by atoms with Crippen molar-refractivity contribution in [2.45, 2.75) is 76.6 Å². The molecule has 0 saturated carbocycles. The molecular weight excluding hydrogens is 587 g/mol. The second kappa shape index (κ2) is 10.2. The molecule has 5 rings (SSSR count). The average molecular weight is 622 g/mol. The van der Waals surface area contributed by atoms with Crippen molar-refractivity contribution in [3.63, 3.8) is 0 Å². The van der Waals surface area contributed by atoms with Crippen LogP contribution in [0.4, 0.5) is 9.18 Å². The number of hydrogen-bond acceptors (Lipinski definition) is 5. The van der Waals surface area contributed by atoms with E-state index < -0.39 is 22.6 Å². The number of pyridine rings is 1. The number of hydrogen-bond donors (Lipinski definition) is 0. The summed E-state index contributed by atoms with van der Waals surface area (Å²) in [6.45, 7) is 10.5. The standard InChI is InChI=1S/C28H34BrFN4O4S/c1-15-12-18-24(23(30)22(15)29)31-26(39(6)37)19-13-21(20-8-7-10-33(20)16(2)35)34(25(18)19)17-9-11-32(14-17)27(36)38-28(3,4)5/h12-13,17,20H,7-11,14H2,1-6H3. The summed E-state index contributed by atoms with van der Waals surface area (Å²) in [5.41, 5.74) is 1.89. The number of fused-ring (bicyclic) bond motifs is 3. The van der Waals surface area contributed by atoms with Crippen LogP contribution < -0.4 is 0 Å². The predicted molar refractivity (Wildman–Crippen MR) is 153 cm³/mol. The zero-order valence-electron chi connectivity index (χ0n) is 23.1.